The lowest BCUT2D eigenvalue weighted by Gasteiger charge is -2.18. The first-order valence-electron chi connectivity index (χ1n) is 6.12. The van der Waals surface area contributed by atoms with Gasteiger partial charge in [0.25, 0.3) is 5.56 Å². The molecule has 4 atom stereocenters. The molecule has 0 saturated carbocycles. The molecule has 1 aliphatic heterocycles. The average molecular weight is 408 g/mol. The number of aliphatic hydroxyl groups excluding tert-OH is 3. The predicted molar refractivity (Wildman–Crippen MR) is 80.5 cm³/mol. The molecule has 114 valence electrons. The summed E-state index contributed by atoms with van der Waals surface area (Å²) in [4.78, 5) is 18.3. The van der Waals surface area contributed by atoms with E-state index in [-0.39, 0.29) is 11.6 Å². The normalized spacial score (nSPS) is 29.3. The number of rotatable bonds is 2. The van der Waals surface area contributed by atoms with E-state index in [1.807, 2.05) is 22.6 Å². The molecule has 3 rings (SSSR count). The summed E-state index contributed by atoms with van der Waals surface area (Å²) >= 11 is 1.96. The number of aromatic amines is 1. The number of nitrogens with two attached hydrogens (primary N) is 1. The molecule has 0 aromatic carbocycles. The number of anilines is 1. The second kappa shape index (κ2) is 5.21. The zero-order valence-corrected chi connectivity index (χ0v) is 12.8. The number of fused-ring (bicyclic) bond motifs is 1. The van der Waals surface area contributed by atoms with Crippen LogP contribution in [0.1, 0.15) is 6.23 Å². The molecule has 1 saturated heterocycles. The Morgan fingerprint density at radius 1 is 1.48 bits per heavy atom. The SMILES string of the molecule is Nc1nc2c(cc(I)n2[C@@H]2O[C@H](CO)[C@@H](O)[C@H]2O)c(=O)[nH]1. The van der Waals surface area contributed by atoms with Gasteiger partial charge in [0.15, 0.2) is 11.9 Å². The number of aliphatic hydroxyl groups is 3. The number of nitrogen functional groups attached to an aromatic ring is 1. The van der Waals surface area contributed by atoms with Gasteiger partial charge in [-0.2, -0.15) is 4.98 Å². The molecular formula is C11H13IN4O5. The van der Waals surface area contributed by atoms with Crippen molar-refractivity contribution in [1.29, 1.82) is 0 Å². The fraction of sp³-hybridized carbons (Fsp3) is 0.455. The van der Waals surface area contributed by atoms with Gasteiger partial charge in [-0.05, 0) is 28.7 Å². The van der Waals surface area contributed by atoms with Gasteiger partial charge in [0.05, 0.1) is 15.7 Å². The smallest absolute Gasteiger partial charge is 0.261 e. The quantitative estimate of drug-likeness (QED) is 0.381. The Morgan fingerprint density at radius 2 is 2.19 bits per heavy atom. The number of H-pyrrole nitrogens is 1. The van der Waals surface area contributed by atoms with E-state index in [0.29, 0.717) is 9.09 Å². The lowest BCUT2D eigenvalue weighted by molar-refractivity contribution is -0.0519. The van der Waals surface area contributed by atoms with Crippen LogP contribution in [-0.4, -0.2) is 54.8 Å². The molecule has 9 nitrogen and oxygen atoms in total. The van der Waals surface area contributed by atoms with Crippen LogP contribution in [0.3, 0.4) is 0 Å². The molecule has 0 aliphatic carbocycles. The Labute approximate surface area is 131 Å². The lowest BCUT2D eigenvalue weighted by Crippen LogP contribution is -2.33. The number of hydrogen-bond donors (Lipinski definition) is 5. The summed E-state index contributed by atoms with van der Waals surface area (Å²) in [5.41, 5.74) is 5.39. The minimum Gasteiger partial charge on any atom is -0.394 e. The van der Waals surface area contributed by atoms with Crippen molar-refractivity contribution in [1.82, 2.24) is 14.5 Å². The molecule has 2 aromatic heterocycles. The maximum atomic E-state index is 11.9. The average Bonchev–Trinajstić information content (AvgIpc) is 2.89. The highest BCUT2D eigenvalue weighted by atomic mass is 127. The van der Waals surface area contributed by atoms with Crippen molar-refractivity contribution in [3.8, 4) is 0 Å². The summed E-state index contributed by atoms with van der Waals surface area (Å²) in [7, 11) is 0. The third-order valence-corrected chi connectivity index (χ3v) is 4.28. The van der Waals surface area contributed by atoms with Crippen molar-refractivity contribution >= 4 is 39.6 Å². The van der Waals surface area contributed by atoms with Crippen molar-refractivity contribution in [3.05, 3.63) is 20.1 Å². The molecular weight excluding hydrogens is 395 g/mol. The summed E-state index contributed by atoms with van der Waals surface area (Å²) in [6.07, 6.45) is -4.35. The summed E-state index contributed by atoms with van der Waals surface area (Å²) in [5, 5.41) is 29.4. The van der Waals surface area contributed by atoms with E-state index in [2.05, 4.69) is 9.97 Å². The van der Waals surface area contributed by atoms with E-state index < -0.39 is 36.7 Å². The standard InChI is InChI=1S/C11H13IN4O5/c12-5-1-3-8(14-11(13)15-9(3)20)16(5)10-7(19)6(18)4(2-17)21-10/h1,4,6-7,10,17-19H,2H2,(H3,13,14,15,20)/t4-,6-,7-,10-/m1/s1. The number of hydrogen-bond acceptors (Lipinski definition) is 7. The van der Waals surface area contributed by atoms with Gasteiger partial charge in [-0.15, -0.1) is 0 Å². The first-order valence-corrected chi connectivity index (χ1v) is 7.20. The van der Waals surface area contributed by atoms with Crippen LogP contribution in [0.2, 0.25) is 0 Å². The lowest BCUT2D eigenvalue weighted by atomic mass is 10.1. The van der Waals surface area contributed by atoms with Gasteiger partial charge in [0.1, 0.15) is 18.3 Å². The van der Waals surface area contributed by atoms with Crippen molar-refractivity contribution < 1.29 is 20.1 Å². The van der Waals surface area contributed by atoms with Crippen molar-refractivity contribution in [2.24, 2.45) is 0 Å². The van der Waals surface area contributed by atoms with Crippen LogP contribution in [0, 0.1) is 3.70 Å². The van der Waals surface area contributed by atoms with Gasteiger partial charge < -0.3 is 25.8 Å². The summed E-state index contributed by atoms with van der Waals surface area (Å²) in [6, 6.07) is 1.58. The maximum Gasteiger partial charge on any atom is 0.261 e. The number of nitrogens with zero attached hydrogens (tertiary/aromatic N) is 2. The molecule has 6 N–H and O–H groups in total. The van der Waals surface area contributed by atoms with Gasteiger partial charge in [-0.1, -0.05) is 0 Å². The summed E-state index contributed by atoms with van der Waals surface area (Å²) in [6.45, 7) is -0.430. The first-order chi connectivity index (χ1) is 9.93. The maximum absolute atomic E-state index is 11.9. The van der Waals surface area contributed by atoms with E-state index in [1.54, 1.807) is 6.07 Å². The zero-order chi connectivity index (χ0) is 15.3. The van der Waals surface area contributed by atoms with Crippen molar-refractivity contribution in [2.75, 3.05) is 12.3 Å². The molecule has 0 unspecified atom stereocenters. The van der Waals surface area contributed by atoms with Gasteiger partial charge in [-0.3, -0.25) is 14.3 Å². The number of ether oxygens (including phenoxy) is 1. The van der Waals surface area contributed by atoms with Crippen LogP contribution in [0.4, 0.5) is 5.95 Å². The fourth-order valence-electron chi connectivity index (χ4n) is 2.43. The predicted octanol–water partition coefficient (Wildman–Crippen LogP) is -1.48. The Hall–Kier alpha value is -1.21. The molecule has 0 spiro atoms. The van der Waals surface area contributed by atoms with E-state index in [9.17, 15) is 15.0 Å². The third kappa shape index (κ3) is 2.23. The number of nitrogens with one attached hydrogen (secondary N) is 1. The Balaban J connectivity index is 2.17. The van der Waals surface area contributed by atoms with Crippen LogP contribution < -0.4 is 11.3 Å². The molecule has 0 amide bonds. The Morgan fingerprint density at radius 3 is 2.81 bits per heavy atom. The molecule has 0 bridgehead atoms. The minimum atomic E-state index is -1.26. The van der Waals surface area contributed by atoms with E-state index >= 15 is 0 Å². The van der Waals surface area contributed by atoms with E-state index in [4.69, 9.17) is 15.6 Å². The zero-order valence-electron chi connectivity index (χ0n) is 10.6. The molecule has 2 aromatic rings. The summed E-state index contributed by atoms with van der Waals surface area (Å²) in [5.74, 6) is -0.0602. The monoisotopic (exact) mass is 408 g/mol. The number of aromatic nitrogens is 3. The van der Waals surface area contributed by atoms with Gasteiger partial charge in [-0.25, -0.2) is 0 Å². The highest BCUT2D eigenvalue weighted by Crippen LogP contribution is 2.33. The second-order valence-corrected chi connectivity index (χ2v) is 5.86. The van der Waals surface area contributed by atoms with Crippen LogP contribution in [0.15, 0.2) is 10.9 Å². The largest absolute Gasteiger partial charge is 0.394 e. The minimum absolute atomic E-state index is 0.0602. The van der Waals surface area contributed by atoms with Crippen LogP contribution in [0.25, 0.3) is 11.0 Å². The Kier molecular flexibility index (Phi) is 3.65. The van der Waals surface area contributed by atoms with E-state index in [0.717, 1.165) is 0 Å². The summed E-state index contributed by atoms with van der Waals surface area (Å²) < 4.78 is 7.52. The topological polar surface area (TPSA) is 147 Å². The highest BCUT2D eigenvalue weighted by molar-refractivity contribution is 14.1. The second-order valence-electron chi connectivity index (χ2n) is 4.75. The van der Waals surface area contributed by atoms with Gasteiger partial charge in [0, 0.05) is 0 Å². The molecule has 3 heterocycles. The molecule has 10 heteroatoms. The van der Waals surface area contributed by atoms with Crippen LogP contribution >= 0.6 is 22.6 Å². The fourth-order valence-corrected chi connectivity index (χ4v) is 3.24. The first kappa shape index (κ1) is 14.7. The van der Waals surface area contributed by atoms with Crippen molar-refractivity contribution in [2.45, 2.75) is 24.5 Å². The molecule has 1 aliphatic rings. The van der Waals surface area contributed by atoms with Gasteiger partial charge in [0.2, 0.25) is 5.95 Å². The third-order valence-electron chi connectivity index (χ3n) is 3.45. The van der Waals surface area contributed by atoms with Crippen LogP contribution in [-0.2, 0) is 4.74 Å². The van der Waals surface area contributed by atoms with Crippen molar-refractivity contribution in [3.63, 3.8) is 0 Å². The van der Waals surface area contributed by atoms with Gasteiger partial charge >= 0.3 is 0 Å². The van der Waals surface area contributed by atoms with E-state index in [1.165, 1.54) is 4.57 Å². The Bertz CT molecular complexity index is 744. The highest BCUT2D eigenvalue weighted by Gasteiger charge is 2.44. The molecule has 0 radical (unpaired) electrons. The molecule has 1 fully saturated rings. The number of halogens is 1. The van der Waals surface area contributed by atoms with Crippen LogP contribution in [0.5, 0.6) is 0 Å². The molecule has 21 heavy (non-hydrogen) atoms.